The maximum atomic E-state index is 12.5. The highest BCUT2D eigenvalue weighted by Gasteiger charge is 2.43. The molecule has 2 rings (SSSR count). The summed E-state index contributed by atoms with van der Waals surface area (Å²) in [5.41, 5.74) is 1.22. The summed E-state index contributed by atoms with van der Waals surface area (Å²) in [6, 6.07) is 7.99. The summed E-state index contributed by atoms with van der Waals surface area (Å²) in [7, 11) is 4.12. The van der Waals surface area contributed by atoms with Crippen LogP contribution in [-0.2, 0) is 20.7 Å². The zero-order valence-electron chi connectivity index (χ0n) is 13.7. The molecule has 1 atom stereocenters. The Kier molecular flexibility index (Phi) is 5.94. The Morgan fingerprint density at radius 3 is 2.64 bits per heavy atom. The van der Waals surface area contributed by atoms with Crippen molar-refractivity contribution in [2.24, 2.45) is 0 Å². The van der Waals surface area contributed by atoms with Gasteiger partial charge in [-0.25, -0.2) is 0 Å². The molecule has 1 N–H and O–H groups in total. The Balaban J connectivity index is 1.96. The molecule has 1 heterocycles. The molecule has 0 aromatic heterocycles. The second-order valence-electron chi connectivity index (χ2n) is 5.93. The van der Waals surface area contributed by atoms with E-state index in [1.165, 1.54) is 5.56 Å². The van der Waals surface area contributed by atoms with E-state index in [2.05, 4.69) is 36.4 Å². The van der Waals surface area contributed by atoms with Gasteiger partial charge >= 0.3 is 0 Å². The number of ether oxygens (including phenoxy) is 2. The quantitative estimate of drug-likeness (QED) is 0.836. The molecule has 22 heavy (non-hydrogen) atoms. The van der Waals surface area contributed by atoms with Crippen molar-refractivity contribution in [2.75, 3.05) is 45.8 Å². The standard InChI is InChI=1S/C17H26N2O3/c1-4-22-17(10-12-21-13-17)16(20)18-15-7-5-14(6-8-15)9-11-19(2)3/h5-8H,4,9-13H2,1-3H3,(H,18,20)/t17-/m1/s1. The van der Waals surface area contributed by atoms with Gasteiger partial charge in [-0.05, 0) is 45.1 Å². The van der Waals surface area contributed by atoms with Gasteiger partial charge in [0.2, 0.25) is 0 Å². The van der Waals surface area contributed by atoms with Crippen molar-refractivity contribution in [3.8, 4) is 0 Å². The van der Waals surface area contributed by atoms with Crippen molar-refractivity contribution in [3.63, 3.8) is 0 Å². The second-order valence-corrected chi connectivity index (χ2v) is 5.93. The van der Waals surface area contributed by atoms with E-state index in [9.17, 15) is 4.79 Å². The maximum absolute atomic E-state index is 12.5. The molecule has 0 spiro atoms. The number of anilines is 1. The molecule has 1 aliphatic rings. The van der Waals surface area contributed by atoms with Crippen LogP contribution in [0.3, 0.4) is 0 Å². The summed E-state index contributed by atoms with van der Waals surface area (Å²) >= 11 is 0. The molecular formula is C17H26N2O3. The largest absolute Gasteiger partial charge is 0.378 e. The molecule has 5 heteroatoms. The van der Waals surface area contributed by atoms with Crippen molar-refractivity contribution >= 4 is 11.6 Å². The van der Waals surface area contributed by atoms with Crippen LogP contribution in [0, 0.1) is 0 Å². The van der Waals surface area contributed by atoms with Gasteiger partial charge in [0.25, 0.3) is 5.91 Å². The molecule has 1 saturated heterocycles. The number of likely N-dealkylation sites (N-methyl/N-ethyl adjacent to an activating group) is 1. The molecule has 122 valence electrons. The van der Waals surface area contributed by atoms with Gasteiger partial charge in [-0.2, -0.15) is 0 Å². The molecular weight excluding hydrogens is 280 g/mol. The third kappa shape index (κ3) is 4.29. The highest BCUT2D eigenvalue weighted by atomic mass is 16.6. The molecule has 0 unspecified atom stereocenters. The zero-order chi connectivity index (χ0) is 16.0. The van der Waals surface area contributed by atoms with Crippen LogP contribution >= 0.6 is 0 Å². The molecule has 0 aliphatic carbocycles. The summed E-state index contributed by atoms with van der Waals surface area (Å²) in [5, 5.41) is 2.95. The van der Waals surface area contributed by atoms with Gasteiger partial charge in [0.15, 0.2) is 5.60 Å². The van der Waals surface area contributed by atoms with Crippen molar-refractivity contribution in [1.29, 1.82) is 0 Å². The summed E-state index contributed by atoms with van der Waals surface area (Å²) in [4.78, 5) is 14.7. The van der Waals surface area contributed by atoms with Crippen LogP contribution in [0.4, 0.5) is 5.69 Å². The second kappa shape index (κ2) is 7.72. The fourth-order valence-electron chi connectivity index (χ4n) is 2.53. The first-order chi connectivity index (χ1) is 10.6. The zero-order valence-corrected chi connectivity index (χ0v) is 13.7. The number of hydrogen-bond donors (Lipinski definition) is 1. The maximum Gasteiger partial charge on any atom is 0.259 e. The minimum atomic E-state index is -0.835. The van der Waals surface area contributed by atoms with E-state index in [-0.39, 0.29) is 5.91 Å². The Labute approximate surface area is 132 Å². The van der Waals surface area contributed by atoms with Crippen LogP contribution in [0.1, 0.15) is 18.9 Å². The van der Waals surface area contributed by atoms with Gasteiger partial charge in [-0.1, -0.05) is 12.1 Å². The normalized spacial score (nSPS) is 21.3. The van der Waals surface area contributed by atoms with E-state index in [0.717, 1.165) is 18.7 Å². The Hall–Kier alpha value is -1.43. The van der Waals surface area contributed by atoms with E-state index in [1.807, 2.05) is 19.1 Å². The van der Waals surface area contributed by atoms with E-state index >= 15 is 0 Å². The average molecular weight is 306 g/mol. The molecule has 0 radical (unpaired) electrons. The molecule has 1 aromatic rings. The molecule has 0 bridgehead atoms. The summed E-state index contributed by atoms with van der Waals surface area (Å²) < 4.78 is 11.0. The van der Waals surface area contributed by atoms with Gasteiger partial charge < -0.3 is 19.7 Å². The first-order valence-electron chi connectivity index (χ1n) is 7.82. The van der Waals surface area contributed by atoms with Crippen LogP contribution in [0.15, 0.2) is 24.3 Å². The van der Waals surface area contributed by atoms with Crippen LogP contribution in [0.25, 0.3) is 0 Å². The van der Waals surface area contributed by atoms with E-state index < -0.39 is 5.60 Å². The number of benzene rings is 1. The lowest BCUT2D eigenvalue weighted by Crippen LogP contribution is -2.46. The van der Waals surface area contributed by atoms with E-state index in [4.69, 9.17) is 9.47 Å². The SMILES string of the molecule is CCO[C@]1(C(=O)Nc2ccc(CCN(C)C)cc2)CCOC1. The summed E-state index contributed by atoms with van der Waals surface area (Å²) in [5.74, 6) is -0.118. The number of hydrogen-bond acceptors (Lipinski definition) is 4. The lowest BCUT2D eigenvalue weighted by molar-refractivity contribution is -0.140. The third-order valence-corrected chi connectivity index (χ3v) is 3.88. The highest BCUT2D eigenvalue weighted by Crippen LogP contribution is 2.25. The summed E-state index contributed by atoms with van der Waals surface area (Å²) in [6.45, 7) is 4.30. The highest BCUT2D eigenvalue weighted by molar-refractivity contribution is 5.97. The van der Waals surface area contributed by atoms with E-state index in [0.29, 0.717) is 26.2 Å². The van der Waals surface area contributed by atoms with Crippen LogP contribution in [-0.4, -0.2) is 56.9 Å². The minimum absolute atomic E-state index is 0.118. The Bertz CT molecular complexity index is 479. The molecule has 1 fully saturated rings. The number of rotatable bonds is 7. The predicted molar refractivity (Wildman–Crippen MR) is 87.1 cm³/mol. The topological polar surface area (TPSA) is 50.8 Å². The molecule has 1 aromatic carbocycles. The predicted octanol–water partition coefficient (Wildman–Crippen LogP) is 1.92. The number of nitrogens with zero attached hydrogens (tertiary/aromatic N) is 1. The van der Waals surface area contributed by atoms with Gasteiger partial charge in [-0.15, -0.1) is 0 Å². The van der Waals surface area contributed by atoms with Crippen molar-refractivity contribution in [3.05, 3.63) is 29.8 Å². The van der Waals surface area contributed by atoms with Gasteiger partial charge in [0.1, 0.15) is 0 Å². The van der Waals surface area contributed by atoms with Crippen LogP contribution in [0.5, 0.6) is 0 Å². The molecule has 0 saturated carbocycles. The lowest BCUT2D eigenvalue weighted by atomic mass is 10.0. The monoisotopic (exact) mass is 306 g/mol. The minimum Gasteiger partial charge on any atom is -0.378 e. The Morgan fingerprint density at radius 2 is 2.09 bits per heavy atom. The lowest BCUT2D eigenvalue weighted by Gasteiger charge is -2.25. The van der Waals surface area contributed by atoms with Crippen molar-refractivity contribution in [2.45, 2.75) is 25.4 Å². The first-order valence-corrected chi connectivity index (χ1v) is 7.82. The van der Waals surface area contributed by atoms with Crippen molar-refractivity contribution < 1.29 is 14.3 Å². The molecule has 1 aliphatic heterocycles. The number of carbonyl (C=O) groups is 1. The fourth-order valence-corrected chi connectivity index (χ4v) is 2.53. The number of amides is 1. The number of carbonyl (C=O) groups excluding carboxylic acids is 1. The summed E-state index contributed by atoms with van der Waals surface area (Å²) in [6.07, 6.45) is 1.60. The smallest absolute Gasteiger partial charge is 0.259 e. The van der Waals surface area contributed by atoms with Crippen LogP contribution < -0.4 is 5.32 Å². The Morgan fingerprint density at radius 1 is 1.36 bits per heavy atom. The third-order valence-electron chi connectivity index (χ3n) is 3.88. The van der Waals surface area contributed by atoms with Crippen LogP contribution in [0.2, 0.25) is 0 Å². The first kappa shape index (κ1) is 16.9. The van der Waals surface area contributed by atoms with Gasteiger partial charge in [0, 0.05) is 25.3 Å². The molecule has 1 amide bonds. The van der Waals surface area contributed by atoms with Gasteiger partial charge in [0.05, 0.1) is 13.2 Å². The van der Waals surface area contributed by atoms with E-state index in [1.54, 1.807) is 0 Å². The van der Waals surface area contributed by atoms with Gasteiger partial charge in [-0.3, -0.25) is 4.79 Å². The molecule has 5 nitrogen and oxygen atoms in total. The fraction of sp³-hybridized carbons (Fsp3) is 0.588. The number of nitrogens with one attached hydrogen (secondary N) is 1. The van der Waals surface area contributed by atoms with Crippen molar-refractivity contribution in [1.82, 2.24) is 4.90 Å². The average Bonchev–Trinajstić information content (AvgIpc) is 2.97.